The van der Waals surface area contributed by atoms with Gasteiger partial charge < -0.3 is 20.4 Å². The number of carbonyl (C=O) groups is 2. The maximum atomic E-state index is 12.5. The zero-order chi connectivity index (χ0) is 17.8. The van der Waals surface area contributed by atoms with Crippen molar-refractivity contribution in [3.63, 3.8) is 0 Å². The van der Waals surface area contributed by atoms with Gasteiger partial charge in [-0.05, 0) is 25.0 Å². The van der Waals surface area contributed by atoms with Crippen LogP contribution in [-0.2, 0) is 0 Å². The zero-order valence-electron chi connectivity index (χ0n) is 13.5. The van der Waals surface area contributed by atoms with Crippen molar-refractivity contribution in [2.24, 2.45) is 5.73 Å². The highest BCUT2D eigenvalue weighted by Crippen LogP contribution is 2.20. The molecule has 2 aromatic rings. The van der Waals surface area contributed by atoms with Crippen LogP contribution in [0.1, 0.15) is 33.7 Å². The van der Waals surface area contributed by atoms with E-state index in [1.165, 1.54) is 30.6 Å². The fraction of sp³-hybridized carbons (Fsp3) is 0.294. The van der Waals surface area contributed by atoms with Gasteiger partial charge in [-0.3, -0.25) is 19.4 Å². The standard InChI is InChI=1S/C17H18N4O4/c18-16(23)14-8-12(5-6-19-14)25-13-2-1-7-21(10-13)17(24)11-3-4-15(22)20-9-11/h3-6,8-9,13H,1-2,7,10H2,(H2,18,23)(H,20,22). The minimum Gasteiger partial charge on any atom is -0.488 e. The molecule has 1 fully saturated rings. The third kappa shape index (κ3) is 4.03. The van der Waals surface area contributed by atoms with Gasteiger partial charge in [-0.2, -0.15) is 0 Å². The Morgan fingerprint density at radius 2 is 2.16 bits per heavy atom. The molecule has 3 rings (SSSR count). The van der Waals surface area contributed by atoms with Gasteiger partial charge in [0, 0.05) is 31.1 Å². The molecule has 3 N–H and O–H groups in total. The summed E-state index contributed by atoms with van der Waals surface area (Å²) in [6.45, 7) is 1.05. The maximum absolute atomic E-state index is 12.5. The Labute approximate surface area is 143 Å². The summed E-state index contributed by atoms with van der Waals surface area (Å²) >= 11 is 0. The van der Waals surface area contributed by atoms with Crippen molar-refractivity contribution in [2.75, 3.05) is 13.1 Å². The van der Waals surface area contributed by atoms with Crippen LogP contribution in [0.25, 0.3) is 0 Å². The molecule has 2 amide bonds. The van der Waals surface area contributed by atoms with Gasteiger partial charge in [0.15, 0.2) is 0 Å². The Kier molecular flexibility index (Phi) is 4.78. The van der Waals surface area contributed by atoms with Crippen LogP contribution in [0.5, 0.6) is 5.75 Å². The lowest BCUT2D eigenvalue weighted by molar-refractivity contribution is 0.0537. The number of hydrogen-bond acceptors (Lipinski definition) is 5. The van der Waals surface area contributed by atoms with Crippen LogP contribution in [0.2, 0.25) is 0 Å². The molecule has 1 unspecified atom stereocenters. The fourth-order valence-corrected chi connectivity index (χ4v) is 2.76. The third-order valence-electron chi connectivity index (χ3n) is 3.98. The molecule has 130 valence electrons. The second-order valence-corrected chi connectivity index (χ2v) is 5.82. The highest BCUT2D eigenvalue weighted by Gasteiger charge is 2.26. The lowest BCUT2D eigenvalue weighted by Crippen LogP contribution is -2.44. The lowest BCUT2D eigenvalue weighted by Gasteiger charge is -2.33. The number of piperidine rings is 1. The van der Waals surface area contributed by atoms with E-state index in [1.54, 1.807) is 11.0 Å². The number of carbonyl (C=O) groups excluding carboxylic acids is 2. The van der Waals surface area contributed by atoms with Crippen molar-refractivity contribution in [3.05, 3.63) is 58.3 Å². The largest absolute Gasteiger partial charge is 0.488 e. The molecule has 1 aliphatic heterocycles. The number of H-pyrrole nitrogens is 1. The van der Waals surface area contributed by atoms with Gasteiger partial charge in [0.1, 0.15) is 17.5 Å². The topological polar surface area (TPSA) is 118 Å². The van der Waals surface area contributed by atoms with Crippen molar-refractivity contribution < 1.29 is 14.3 Å². The molecule has 0 saturated carbocycles. The highest BCUT2D eigenvalue weighted by atomic mass is 16.5. The summed E-state index contributed by atoms with van der Waals surface area (Å²) in [4.78, 5) is 42.9. The Morgan fingerprint density at radius 3 is 2.88 bits per heavy atom. The molecule has 2 aromatic heterocycles. The first kappa shape index (κ1) is 16.7. The van der Waals surface area contributed by atoms with Crippen molar-refractivity contribution in [1.29, 1.82) is 0 Å². The van der Waals surface area contributed by atoms with Crippen LogP contribution in [0, 0.1) is 0 Å². The molecule has 0 aromatic carbocycles. The van der Waals surface area contributed by atoms with Crippen LogP contribution < -0.4 is 16.0 Å². The predicted octanol–water partition coefficient (Wildman–Crippen LogP) is 0.552. The van der Waals surface area contributed by atoms with E-state index in [0.29, 0.717) is 24.4 Å². The summed E-state index contributed by atoms with van der Waals surface area (Å²) in [5.41, 5.74) is 5.53. The number of aromatic nitrogens is 2. The first-order valence-corrected chi connectivity index (χ1v) is 7.93. The molecule has 25 heavy (non-hydrogen) atoms. The van der Waals surface area contributed by atoms with E-state index in [2.05, 4.69) is 9.97 Å². The molecule has 8 nitrogen and oxygen atoms in total. The molecule has 8 heteroatoms. The van der Waals surface area contributed by atoms with Gasteiger partial charge >= 0.3 is 0 Å². The number of primary amides is 1. The molecule has 1 atom stereocenters. The number of nitrogens with zero attached hydrogens (tertiary/aromatic N) is 2. The van der Waals surface area contributed by atoms with Crippen LogP contribution >= 0.6 is 0 Å². The lowest BCUT2D eigenvalue weighted by atomic mass is 10.1. The number of pyridine rings is 2. The molecular formula is C17H18N4O4. The van der Waals surface area contributed by atoms with Crippen molar-refractivity contribution in [3.8, 4) is 5.75 Å². The van der Waals surface area contributed by atoms with E-state index >= 15 is 0 Å². The van der Waals surface area contributed by atoms with Gasteiger partial charge in [-0.15, -0.1) is 0 Å². The molecular weight excluding hydrogens is 324 g/mol. The maximum Gasteiger partial charge on any atom is 0.267 e. The molecule has 0 bridgehead atoms. The predicted molar refractivity (Wildman–Crippen MR) is 89.4 cm³/mol. The number of ether oxygens (including phenoxy) is 1. The normalized spacial score (nSPS) is 17.1. The number of aromatic amines is 1. The quantitative estimate of drug-likeness (QED) is 0.841. The summed E-state index contributed by atoms with van der Waals surface area (Å²) in [6.07, 6.45) is 4.28. The molecule has 3 heterocycles. The summed E-state index contributed by atoms with van der Waals surface area (Å²) in [5, 5.41) is 0. The fourth-order valence-electron chi connectivity index (χ4n) is 2.76. The van der Waals surface area contributed by atoms with Gasteiger partial charge in [0.25, 0.3) is 11.8 Å². The highest BCUT2D eigenvalue weighted by molar-refractivity contribution is 5.94. The van der Waals surface area contributed by atoms with Gasteiger partial charge in [0.05, 0.1) is 12.1 Å². The van der Waals surface area contributed by atoms with E-state index in [1.807, 2.05) is 0 Å². The van der Waals surface area contributed by atoms with Crippen LogP contribution in [0.15, 0.2) is 41.5 Å². The minimum absolute atomic E-state index is 0.134. The monoisotopic (exact) mass is 342 g/mol. The van der Waals surface area contributed by atoms with Crippen molar-refractivity contribution in [1.82, 2.24) is 14.9 Å². The smallest absolute Gasteiger partial charge is 0.267 e. The Morgan fingerprint density at radius 1 is 1.32 bits per heavy atom. The minimum atomic E-state index is -0.621. The number of nitrogens with one attached hydrogen (secondary N) is 1. The summed E-state index contributed by atoms with van der Waals surface area (Å²) in [7, 11) is 0. The number of rotatable bonds is 4. The number of nitrogens with two attached hydrogens (primary N) is 1. The zero-order valence-corrected chi connectivity index (χ0v) is 13.5. The number of amides is 2. The second-order valence-electron chi connectivity index (χ2n) is 5.82. The number of likely N-dealkylation sites (tertiary alicyclic amines) is 1. The van der Waals surface area contributed by atoms with Crippen LogP contribution in [-0.4, -0.2) is 45.9 Å². The first-order chi connectivity index (χ1) is 12.0. The van der Waals surface area contributed by atoms with Gasteiger partial charge in [0.2, 0.25) is 5.56 Å². The van der Waals surface area contributed by atoms with Crippen LogP contribution in [0.4, 0.5) is 0 Å². The first-order valence-electron chi connectivity index (χ1n) is 7.93. The summed E-state index contributed by atoms with van der Waals surface area (Å²) in [6, 6.07) is 5.97. The van der Waals surface area contributed by atoms with E-state index in [9.17, 15) is 14.4 Å². The van der Waals surface area contributed by atoms with Crippen molar-refractivity contribution >= 4 is 11.8 Å². The summed E-state index contributed by atoms with van der Waals surface area (Å²) in [5.74, 6) is -0.284. The van der Waals surface area contributed by atoms with E-state index in [4.69, 9.17) is 10.5 Å². The van der Waals surface area contributed by atoms with E-state index in [-0.39, 0.29) is 23.3 Å². The number of hydrogen-bond donors (Lipinski definition) is 2. The molecule has 1 saturated heterocycles. The van der Waals surface area contributed by atoms with E-state index in [0.717, 1.165) is 12.8 Å². The third-order valence-corrected chi connectivity index (χ3v) is 3.98. The Balaban J connectivity index is 1.67. The van der Waals surface area contributed by atoms with Crippen molar-refractivity contribution in [2.45, 2.75) is 18.9 Å². The molecule has 0 aliphatic carbocycles. The molecule has 0 spiro atoms. The van der Waals surface area contributed by atoms with Gasteiger partial charge in [-0.25, -0.2) is 0 Å². The second kappa shape index (κ2) is 7.16. The summed E-state index contributed by atoms with van der Waals surface area (Å²) < 4.78 is 5.88. The average Bonchev–Trinajstić information content (AvgIpc) is 2.62. The average molecular weight is 342 g/mol. The molecule has 0 radical (unpaired) electrons. The van der Waals surface area contributed by atoms with Gasteiger partial charge in [-0.1, -0.05) is 0 Å². The van der Waals surface area contributed by atoms with E-state index < -0.39 is 5.91 Å². The molecule has 1 aliphatic rings. The Bertz CT molecular complexity index is 828. The Hall–Kier alpha value is -3.16. The van der Waals surface area contributed by atoms with Crippen LogP contribution in [0.3, 0.4) is 0 Å². The SMILES string of the molecule is NC(=O)c1cc(OC2CCCN(C(=O)c3ccc(=O)[nH]c3)C2)ccn1.